The molecule has 1 heterocycles. The minimum atomic E-state index is 0.462. The zero-order valence-corrected chi connectivity index (χ0v) is 10.9. The summed E-state index contributed by atoms with van der Waals surface area (Å²) in [6, 6.07) is 7.57. The maximum absolute atomic E-state index is 5.87. The van der Waals surface area contributed by atoms with Gasteiger partial charge in [0.25, 0.3) is 5.19 Å². The lowest BCUT2D eigenvalue weighted by molar-refractivity contribution is 0.303. The number of ether oxygens (including phenoxy) is 1. The van der Waals surface area contributed by atoms with Crippen molar-refractivity contribution >= 4 is 34.9 Å². The van der Waals surface area contributed by atoms with Crippen molar-refractivity contribution in [3.8, 4) is 5.19 Å². The van der Waals surface area contributed by atoms with E-state index >= 15 is 0 Å². The third-order valence-electron chi connectivity index (χ3n) is 1.82. The molecule has 0 amide bonds. The van der Waals surface area contributed by atoms with E-state index in [1.807, 2.05) is 30.5 Å². The number of rotatable bonds is 4. The van der Waals surface area contributed by atoms with Crippen LogP contribution >= 0.6 is 34.9 Å². The Labute approximate surface area is 107 Å². The minimum absolute atomic E-state index is 0.462. The third kappa shape index (κ3) is 3.10. The number of nitrogens with zero attached hydrogens (tertiary/aromatic N) is 2. The number of hydrogen-bond donors (Lipinski definition) is 0. The van der Waals surface area contributed by atoms with Crippen LogP contribution < -0.4 is 4.74 Å². The Hall–Kier alpha value is -0.780. The summed E-state index contributed by atoms with van der Waals surface area (Å²) in [7, 11) is 0. The van der Waals surface area contributed by atoms with Crippen molar-refractivity contribution in [2.75, 3.05) is 6.26 Å². The Morgan fingerprint density at radius 2 is 2.38 bits per heavy atom. The van der Waals surface area contributed by atoms with Crippen LogP contribution in [0.1, 0.15) is 5.56 Å². The van der Waals surface area contributed by atoms with E-state index < -0.39 is 0 Å². The molecular formula is C10H9ClN2OS2. The van der Waals surface area contributed by atoms with Gasteiger partial charge in [-0.2, -0.15) is 9.36 Å². The van der Waals surface area contributed by atoms with Gasteiger partial charge in [0, 0.05) is 16.6 Å². The molecular weight excluding hydrogens is 264 g/mol. The zero-order valence-electron chi connectivity index (χ0n) is 8.51. The number of thioether (sulfide) groups is 1. The van der Waals surface area contributed by atoms with E-state index in [2.05, 4.69) is 9.36 Å². The van der Waals surface area contributed by atoms with Gasteiger partial charge in [0.05, 0.1) is 0 Å². The number of aromatic nitrogens is 2. The van der Waals surface area contributed by atoms with Crippen LogP contribution in [0.3, 0.4) is 0 Å². The maximum atomic E-state index is 5.87. The Bertz CT molecular complexity index is 475. The van der Waals surface area contributed by atoms with E-state index in [0.29, 0.717) is 16.8 Å². The van der Waals surface area contributed by atoms with Crippen molar-refractivity contribution in [2.45, 2.75) is 11.8 Å². The van der Waals surface area contributed by atoms with Crippen LogP contribution in [0.15, 0.2) is 29.4 Å². The molecule has 0 saturated carbocycles. The minimum Gasteiger partial charge on any atom is -0.464 e. The van der Waals surface area contributed by atoms with Gasteiger partial charge >= 0.3 is 0 Å². The second kappa shape index (κ2) is 5.52. The van der Waals surface area contributed by atoms with Crippen LogP contribution in [-0.4, -0.2) is 15.6 Å². The normalized spacial score (nSPS) is 10.4. The molecule has 3 nitrogen and oxygen atoms in total. The standard InChI is InChI=1S/C10H9ClN2OS2/c1-15-9-12-10(16-13-9)14-6-7-3-2-4-8(11)5-7/h2-5H,6H2,1H3. The van der Waals surface area contributed by atoms with Gasteiger partial charge in [0.2, 0.25) is 5.16 Å². The fraction of sp³-hybridized carbons (Fsp3) is 0.200. The Kier molecular flexibility index (Phi) is 4.04. The van der Waals surface area contributed by atoms with Gasteiger partial charge in [-0.15, -0.1) is 0 Å². The van der Waals surface area contributed by atoms with Crippen molar-refractivity contribution in [3.63, 3.8) is 0 Å². The van der Waals surface area contributed by atoms with E-state index in [-0.39, 0.29) is 0 Å². The summed E-state index contributed by atoms with van der Waals surface area (Å²) < 4.78 is 9.61. The molecule has 16 heavy (non-hydrogen) atoms. The second-order valence-electron chi connectivity index (χ2n) is 2.97. The third-order valence-corrected chi connectivity index (χ3v) is 3.35. The quantitative estimate of drug-likeness (QED) is 0.798. The zero-order chi connectivity index (χ0) is 11.4. The highest BCUT2D eigenvalue weighted by atomic mass is 35.5. The number of halogens is 1. The van der Waals surface area contributed by atoms with Gasteiger partial charge in [-0.1, -0.05) is 35.5 Å². The molecule has 0 aliphatic rings. The molecule has 0 bridgehead atoms. The van der Waals surface area contributed by atoms with Crippen LogP contribution in [0.2, 0.25) is 5.02 Å². The molecule has 84 valence electrons. The highest BCUT2D eigenvalue weighted by Gasteiger charge is 2.04. The monoisotopic (exact) mass is 272 g/mol. The largest absolute Gasteiger partial charge is 0.464 e. The topological polar surface area (TPSA) is 35.0 Å². The van der Waals surface area contributed by atoms with Crippen LogP contribution in [-0.2, 0) is 6.61 Å². The predicted octanol–water partition coefficient (Wildman–Crippen LogP) is 3.49. The molecule has 6 heteroatoms. The predicted molar refractivity (Wildman–Crippen MR) is 67.5 cm³/mol. The van der Waals surface area contributed by atoms with Crippen LogP contribution in [0.4, 0.5) is 0 Å². The lowest BCUT2D eigenvalue weighted by Gasteiger charge is -2.01. The van der Waals surface area contributed by atoms with Gasteiger partial charge in [-0.05, 0) is 24.0 Å². The summed E-state index contributed by atoms with van der Waals surface area (Å²) in [5.41, 5.74) is 1.02. The molecule has 0 radical (unpaired) electrons. The highest BCUT2D eigenvalue weighted by Crippen LogP contribution is 2.21. The first-order valence-corrected chi connectivity index (χ1v) is 6.90. The molecule has 0 unspecified atom stereocenters. The van der Waals surface area contributed by atoms with E-state index in [0.717, 1.165) is 10.7 Å². The first-order valence-electron chi connectivity index (χ1n) is 4.53. The lowest BCUT2D eigenvalue weighted by atomic mass is 10.2. The molecule has 1 aromatic carbocycles. The smallest absolute Gasteiger partial charge is 0.294 e. The summed E-state index contributed by atoms with van der Waals surface area (Å²) in [6.45, 7) is 0.462. The summed E-state index contributed by atoms with van der Waals surface area (Å²) >= 11 is 8.63. The first kappa shape index (κ1) is 11.7. The highest BCUT2D eigenvalue weighted by molar-refractivity contribution is 7.98. The molecule has 0 N–H and O–H groups in total. The fourth-order valence-corrected chi connectivity index (χ4v) is 2.40. The Morgan fingerprint density at radius 3 is 3.06 bits per heavy atom. The van der Waals surface area contributed by atoms with E-state index in [1.54, 1.807) is 0 Å². The van der Waals surface area contributed by atoms with Gasteiger partial charge in [0.15, 0.2) is 0 Å². The molecule has 0 spiro atoms. The average molecular weight is 273 g/mol. The average Bonchev–Trinajstić information content (AvgIpc) is 2.74. The summed E-state index contributed by atoms with van der Waals surface area (Å²) in [4.78, 5) is 4.18. The van der Waals surface area contributed by atoms with E-state index in [9.17, 15) is 0 Å². The maximum Gasteiger partial charge on any atom is 0.294 e. The van der Waals surface area contributed by atoms with Gasteiger partial charge in [0.1, 0.15) is 6.61 Å². The van der Waals surface area contributed by atoms with Gasteiger partial charge in [-0.25, -0.2) is 0 Å². The molecule has 2 aromatic rings. The van der Waals surface area contributed by atoms with Crippen LogP contribution in [0, 0.1) is 0 Å². The molecule has 0 saturated heterocycles. The summed E-state index contributed by atoms with van der Waals surface area (Å²) in [6.07, 6.45) is 1.93. The van der Waals surface area contributed by atoms with Crippen molar-refractivity contribution in [1.82, 2.24) is 9.36 Å². The van der Waals surface area contributed by atoms with Crippen molar-refractivity contribution in [3.05, 3.63) is 34.9 Å². The van der Waals surface area contributed by atoms with Gasteiger partial charge in [-0.3, -0.25) is 0 Å². The van der Waals surface area contributed by atoms with Crippen LogP contribution in [0.5, 0.6) is 5.19 Å². The molecule has 0 atom stereocenters. The van der Waals surface area contributed by atoms with E-state index in [4.69, 9.17) is 16.3 Å². The Morgan fingerprint density at radius 1 is 1.50 bits per heavy atom. The lowest BCUT2D eigenvalue weighted by Crippen LogP contribution is -1.94. The molecule has 0 aliphatic heterocycles. The number of hydrogen-bond acceptors (Lipinski definition) is 5. The SMILES string of the molecule is CSc1nsc(OCc2cccc(Cl)c2)n1. The first-order chi connectivity index (χ1) is 7.78. The molecule has 0 aliphatic carbocycles. The summed E-state index contributed by atoms with van der Waals surface area (Å²) in [5, 5.41) is 2.04. The molecule has 0 fully saturated rings. The van der Waals surface area contributed by atoms with Crippen molar-refractivity contribution in [1.29, 1.82) is 0 Å². The molecule has 2 rings (SSSR count). The van der Waals surface area contributed by atoms with Gasteiger partial charge < -0.3 is 4.74 Å². The number of benzene rings is 1. The van der Waals surface area contributed by atoms with Crippen LogP contribution in [0.25, 0.3) is 0 Å². The fourth-order valence-electron chi connectivity index (χ4n) is 1.11. The van der Waals surface area contributed by atoms with E-state index in [1.165, 1.54) is 23.3 Å². The van der Waals surface area contributed by atoms with Crippen molar-refractivity contribution < 1.29 is 4.74 Å². The molecule has 1 aromatic heterocycles. The second-order valence-corrected chi connectivity index (χ2v) is 4.89. The summed E-state index contributed by atoms with van der Waals surface area (Å²) in [5.74, 6) is 0. The Balaban J connectivity index is 1.96. The van der Waals surface area contributed by atoms with Crippen molar-refractivity contribution in [2.24, 2.45) is 0 Å².